The number of anilines is 1. The number of amides is 1. The molecular formula is C34H34FN3O5S2. The van der Waals surface area contributed by atoms with Gasteiger partial charge in [-0.25, -0.2) is 4.39 Å². The van der Waals surface area contributed by atoms with E-state index in [-0.39, 0.29) is 22.3 Å². The first kappa shape index (κ1) is 32.2. The Balaban J connectivity index is 1.57. The molecule has 1 aromatic heterocycles. The van der Waals surface area contributed by atoms with E-state index in [4.69, 9.17) is 9.47 Å². The minimum atomic E-state index is -1.02. The molecule has 0 aliphatic carbocycles. The van der Waals surface area contributed by atoms with Crippen LogP contribution < -0.4 is 14.4 Å². The minimum absolute atomic E-state index is 0.0665. The highest BCUT2D eigenvalue weighted by atomic mass is 32.2. The molecule has 0 spiro atoms. The molecule has 234 valence electrons. The Kier molecular flexibility index (Phi) is 10.2. The Morgan fingerprint density at radius 2 is 1.84 bits per heavy atom. The minimum Gasteiger partial charge on any atom is -0.507 e. The normalized spacial score (nSPS) is 15.9. The Morgan fingerprint density at radius 3 is 2.60 bits per heavy atom. The maximum atomic E-state index is 14.2. The second-order valence-electron chi connectivity index (χ2n) is 10.7. The van der Waals surface area contributed by atoms with Gasteiger partial charge in [-0.3, -0.25) is 14.5 Å². The molecule has 5 rings (SSSR count). The zero-order chi connectivity index (χ0) is 32.1. The lowest BCUT2D eigenvalue weighted by Gasteiger charge is -2.23. The van der Waals surface area contributed by atoms with E-state index in [0.29, 0.717) is 44.9 Å². The maximum Gasteiger partial charge on any atom is 0.301 e. The Labute approximate surface area is 269 Å². The molecule has 0 saturated carbocycles. The van der Waals surface area contributed by atoms with Crippen LogP contribution >= 0.6 is 23.1 Å². The number of nitrogens with zero attached hydrogens (tertiary/aromatic N) is 3. The quantitative estimate of drug-likeness (QED) is 0.0415. The van der Waals surface area contributed by atoms with Crippen molar-refractivity contribution in [3.8, 4) is 11.5 Å². The maximum absolute atomic E-state index is 14.2. The Hall–Kier alpha value is -4.22. The molecule has 1 aliphatic heterocycles. The number of methoxy groups -OCH3 is 1. The molecule has 1 aliphatic rings. The number of aliphatic hydroxyl groups excluding tert-OH is 1. The summed E-state index contributed by atoms with van der Waals surface area (Å²) in [6, 6.07) is 16.2. The second-order valence-corrected chi connectivity index (χ2v) is 12.9. The van der Waals surface area contributed by atoms with Crippen molar-refractivity contribution >= 4 is 45.7 Å². The van der Waals surface area contributed by atoms with Crippen molar-refractivity contribution in [2.45, 2.75) is 56.2 Å². The molecule has 8 nitrogen and oxygen atoms in total. The third-order valence-corrected chi connectivity index (χ3v) is 9.62. The van der Waals surface area contributed by atoms with Crippen LogP contribution in [0.3, 0.4) is 0 Å². The van der Waals surface area contributed by atoms with Crippen LogP contribution in [0.4, 0.5) is 9.52 Å². The van der Waals surface area contributed by atoms with Crippen molar-refractivity contribution in [1.82, 2.24) is 10.2 Å². The first-order valence-corrected chi connectivity index (χ1v) is 16.4. The molecule has 1 atom stereocenters. The van der Waals surface area contributed by atoms with Gasteiger partial charge in [0.1, 0.15) is 11.6 Å². The van der Waals surface area contributed by atoms with Gasteiger partial charge < -0.3 is 14.6 Å². The molecule has 1 N–H and O–H groups in total. The predicted octanol–water partition coefficient (Wildman–Crippen LogP) is 7.79. The number of ether oxygens (including phenoxy) is 2. The standard InChI is InChI=1S/C34H34FN3O5S2/c1-5-6-9-16-43-26-15-14-22(18-27(26)42-4)29-28(30(39)24-17-20(2)12-13-21(24)3)31(40)32(41)38(29)33-36-37-34(45-33)44-19-23-10-7-8-11-25(23)35/h7-8,10-15,17-18,29,39H,5-6,9,16,19H2,1-4H3/b30-28+. The highest BCUT2D eigenvalue weighted by molar-refractivity contribution is 8.00. The number of aromatic nitrogens is 2. The average Bonchev–Trinajstić information content (AvgIpc) is 3.61. The van der Waals surface area contributed by atoms with E-state index in [1.165, 1.54) is 29.8 Å². The lowest BCUT2D eigenvalue weighted by molar-refractivity contribution is -0.132. The van der Waals surface area contributed by atoms with Gasteiger partial charge in [0, 0.05) is 11.3 Å². The summed E-state index contributed by atoms with van der Waals surface area (Å²) in [5, 5.41) is 20.3. The molecule has 1 unspecified atom stereocenters. The summed E-state index contributed by atoms with van der Waals surface area (Å²) in [7, 11) is 1.52. The summed E-state index contributed by atoms with van der Waals surface area (Å²) >= 11 is 2.39. The lowest BCUT2D eigenvalue weighted by atomic mass is 9.93. The number of aryl methyl sites for hydroxylation is 2. The first-order valence-electron chi connectivity index (χ1n) is 14.6. The largest absolute Gasteiger partial charge is 0.507 e. The molecule has 1 saturated heterocycles. The number of rotatable bonds is 12. The highest BCUT2D eigenvalue weighted by Gasteiger charge is 2.48. The molecule has 4 aromatic rings. The number of hydrogen-bond acceptors (Lipinski definition) is 9. The third-order valence-electron chi connectivity index (χ3n) is 7.51. The summed E-state index contributed by atoms with van der Waals surface area (Å²) < 4.78 is 26.3. The van der Waals surface area contributed by atoms with E-state index >= 15 is 0 Å². The van der Waals surface area contributed by atoms with Gasteiger partial charge in [0.25, 0.3) is 5.78 Å². The van der Waals surface area contributed by atoms with Crippen LogP contribution in [0.25, 0.3) is 5.76 Å². The first-order chi connectivity index (χ1) is 21.7. The fraction of sp³-hybridized carbons (Fsp3) is 0.294. The van der Waals surface area contributed by atoms with E-state index in [1.807, 2.05) is 26.0 Å². The van der Waals surface area contributed by atoms with Crippen LogP contribution in [0.2, 0.25) is 0 Å². The number of benzene rings is 3. The number of Topliss-reactive ketones (excluding diaryl/α,β-unsaturated/α-hetero) is 1. The second kappa shape index (κ2) is 14.3. The number of unbranched alkanes of at least 4 members (excludes halogenated alkanes) is 2. The lowest BCUT2D eigenvalue weighted by Crippen LogP contribution is -2.29. The SMILES string of the molecule is CCCCCOc1ccc(C2/C(=C(\O)c3cc(C)ccc3C)C(=O)C(=O)N2c2nnc(SCc3ccccc3F)s2)cc1OC. The van der Waals surface area contributed by atoms with Crippen molar-refractivity contribution < 1.29 is 28.6 Å². The van der Waals surface area contributed by atoms with Crippen LogP contribution in [0.5, 0.6) is 11.5 Å². The summed E-state index contributed by atoms with van der Waals surface area (Å²) in [5.41, 5.74) is 3.06. The number of halogens is 1. The molecule has 3 aromatic carbocycles. The van der Waals surface area contributed by atoms with Gasteiger partial charge in [0.15, 0.2) is 15.8 Å². The third kappa shape index (κ3) is 6.89. The zero-order valence-electron chi connectivity index (χ0n) is 25.5. The van der Waals surface area contributed by atoms with E-state index in [0.717, 1.165) is 41.7 Å². The van der Waals surface area contributed by atoms with Crippen LogP contribution in [0.1, 0.15) is 60.0 Å². The topological polar surface area (TPSA) is 102 Å². The molecule has 11 heteroatoms. The van der Waals surface area contributed by atoms with Crippen molar-refractivity contribution in [3.63, 3.8) is 0 Å². The van der Waals surface area contributed by atoms with Crippen molar-refractivity contribution in [1.29, 1.82) is 0 Å². The zero-order valence-corrected chi connectivity index (χ0v) is 27.1. The van der Waals surface area contributed by atoms with Crippen molar-refractivity contribution in [3.05, 3.63) is 99.9 Å². The van der Waals surface area contributed by atoms with Gasteiger partial charge in [-0.1, -0.05) is 84.8 Å². The highest BCUT2D eigenvalue weighted by Crippen LogP contribution is 2.46. The van der Waals surface area contributed by atoms with Crippen molar-refractivity contribution in [2.24, 2.45) is 0 Å². The smallest absolute Gasteiger partial charge is 0.301 e. The predicted molar refractivity (Wildman–Crippen MR) is 175 cm³/mol. The van der Waals surface area contributed by atoms with Gasteiger partial charge in [-0.05, 0) is 61.2 Å². The van der Waals surface area contributed by atoms with E-state index in [1.54, 1.807) is 42.5 Å². The summed E-state index contributed by atoms with van der Waals surface area (Å²) in [6.07, 6.45) is 2.99. The number of hydrogen-bond donors (Lipinski definition) is 1. The van der Waals surface area contributed by atoms with Gasteiger partial charge in [-0.2, -0.15) is 0 Å². The fourth-order valence-corrected chi connectivity index (χ4v) is 6.96. The molecule has 0 bridgehead atoms. The number of thioether (sulfide) groups is 1. The van der Waals surface area contributed by atoms with E-state index < -0.39 is 17.7 Å². The average molecular weight is 648 g/mol. The van der Waals surface area contributed by atoms with Crippen LogP contribution in [0.15, 0.2) is 70.6 Å². The monoisotopic (exact) mass is 647 g/mol. The van der Waals surface area contributed by atoms with Crippen molar-refractivity contribution in [2.75, 3.05) is 18.6 Å². The molecule has 2 heterocycles. The molecule has 45 heavy (non-hydrogen) atoms. The Bertz CT molecular complexity index is 1760. The summed E-state index contributed by atoms with van der Waals surface area (Å²) in [4.78, 5) is 28.7. The summed E-state index contributed by atoms with van der Waals surface area (Å²) in [5.74, 6) is -1.00. The van der Waals surface area contributed by atoms with Gasteiger partial charge in [0.2, 0.25) is 5.13 Å². The number of ketones is 1. The molecule has 1 fully saturated rings. The fourth-order valence-electron chi connectivity index (χ4n) is 5.10. The van der Waals surface area contributed by atoms with Crippen LogP contribution in [-0.4, -0.2) is 40.7 Å². The van der Waals surface area contributed by atoms with E-state index in [9.17, 15) is 19.1 Å². The van der Waals surface area contributed by atoms with Crippen LogP contribution in [-0.2, 0) is 15.3 Å². The summed E-state index contributed by atoms with van der Waals surface area (Å²) in [6.45, 7) is 6.36. The number of carbonyl (C=O) groups is 2. The molecule has 1 amide bonds. The van der Waals surface area contributed by atoms with Gasteiger partial charge in [-0.15, -0.1) is 10.2 Å². The number of aliphatic hydroxyl groups is 1. The molecule has 0 radical (unpaired) electrons. The van der Waals surface area contributed by atoms with Gasteiger partial charge in [0.05, 0.1) is 25.3 Å². The van der Waals surface area contributed by atoms with Crippen LogP contribution in [0, 0.1) is 19.7 Å². The number of carbonyl (C=O) groups excluding carboxylic acids is 2. The molecular weight excluding hydrogens is 614 g/mol. The van der Waals surface area contributed by atoms with Gasteiger partial charge >= 0.3 is 5.91 Å². The van der Waals surface area contributed by atoms with E-state index in [2.05, 4.69) is 17.1 Å². The Morgan fingerprint density at radius 1 is 1.04 bits per heavy atom.